The molecule has 0 aliphatic heterocycles. The maximum absolute atomic E-state index is 12.8. The van der Waals surface area contributed by atoms with Gasteiger partial charge in [-0.05, 0) is 19.1 Å². The first kappa shape index (κ1) is 8.34. The van der Waals surface area contributed by atoms with Crippen LogP contribution in [0, 0.1) is 12.7 Å². The number of anilines is 1. The Morgan fingerprint density at radius 1 is 1.45 bits per heavy atom. The number of nitrogens with one attached hydrogen (secondary N) is 1. The summed E-state index contributed by atoms with van der Waals surface area (Å²) in [6.07, 6.45) is 0. The van der Waals surface area contributed by atoms with Crippen LogP contribution < -0.4 is 5.32 Å². The maximum atomic E-state index is 12.8. The highest BCUT2D eigenvalue weighted by Gasteiger charge is 2.05. The van der Waals surface area contributed by atoms with Crippen molar-refractivity contribution in [2.75, 3.05) is 12.4 Å². The smallest absolute Gasteiger partial charge is 0.128 e. The Balaban J connectivity index is 3.29. The van der Waals surface area contributed by atoms with Crippen molar-refractivity contribution in [3.63, 3.8) is 0 Å². The zero-order chi connectivity index (χ0) is 8.43. The van der Waals surface area contributed by atoms with Gasteiger partial charge in [0.2, 0.25) is 0 Å². The van der Waals surface area contributed by atoms with Gasteiger partial charge in [0, 0.05) is 12.6 Å². The number of hydrogen-bond acceptors (Lipinski definition) is 1. The van der Waals surface area contributed by atoms with Gasteiger partial charge >= 0.3 is 0 Å². The average Bonchev–Trinajstić information content (AvgIpc) is 1.99. The Hall–Kier alpha value is -0.760. The molecule has 11 heavy (non-hydrogen) atoms. The number of halogens is 2. The number of hydrogen-bond donors (Lipinski definition) is 1. The quantitative estimate of drug-likeness (QED) is 0.689. The second-order valence-electron chi connectivity index (χ2n) is 2.28. The van der Waals surface area contributed by atoms with Crippen LogP contribution in [0.1, 0.15) is 5.56 Å². The van der Waals surface area contributed by atoms with Crippen LogP contribution in [0.4, 0.5) is 10.1 Å². The lowest BCUT2D eigenvalue weighted by atomic mass is 10.2. The van der Waals surface area contributed by atoms with E-state index in [-0.39, 0.29) is 5.82 Å². The Morgan fingerprint density at radius 2 is 2.09 bits per heavy atom. The molecule has 60 valence electrons. The molecule has 1 N–H and O–H groups in total. The van der Waals surface area contributed by atoms with Crippen molar-refractivity contribution in [2.45, 2.75) is 6.92 Å². The SMILES string of the molecule is CNc1c(Cl)ccc(F)c1C. The Morgan fingerprint density at radius 3 is 2.55 bits per heavy atom. The second kappa shape index (κ2) is 3.09. The van der Waals surface area contributed by atoms with E-state index < -0.39 is 0 Å². The Kier molecular flexibility index (Phi) is 2.35. The van der Waals surface area contributed by atoms with Crippen LogP contribution in [0.5, 0.6) is 0 Å². The molecular weight excluding hydrogens is 165 g/mol. The minimum absolute atomic E-state index is 0.237. The summed E-state index contributed by atoms with van der Waals surface area (Å²) in [7, 11) is 1.72. The largest absolute Gasteiger partial charge is 0.387 e. The first-order valence-electron chi connectivity index (χ1n) is 3.29. The molecule has 0 aromatic heterocycles. The topological polar surface area (TPSA) is 12.0 Å². The first-order valence-corrected chi connectivity index (χ1v) is 3.67. The van der Waals surface area contributed by atoms with Crippen molar-refractivity contribution in [3.8, 4) is 0 Å². The second-order valence-corrected chi connectivity index (χ2v) is 2.69. The summed E-state index contributed by atoms with van der Waals surface area (Å²) >= 11 is 5.77. The molecule has 0 heterocycles. The van der Waals surface area contributed by atoms with Gasteiger partial charge in [0.1, 0.15) is 5.82 Å². The van der Waals surface area contributed by atoms with Crippen LogP contribution in [0.15, 0.2) is 12.1 Å². The van der Waals surface area contributed by atoms with E-state index in [1.165, 1.54) is 12.1 Å². The van der Waals surface area contributed by atoms with Gasteiger partial charge in [-0.1, -0.05) is 11.6 Å². The normalized spacial score (nSPS) is 9.82. The number of benzene rings is 1. The van der Waals surface area contributed by atoms with Gasteiger partial charge in [0.15, 0.2) is 0 Å². The third-order valence-corrected chi connectivity index (χ3v) is 1.91. The highest BCUT2D eigenvalue weighted by molar-refractivity contribution is 6.33. The van der Waals surface area contributed by atoms with Crippen molar-refractivity contribution < 1.29 is 4.39 Å². The molecule has 0 unspecified atom stereocenters. The molecule has 0 amide bonds. The van der Waals surface area contributed by atoms with Crippen molar-refractivity contribution in [2.24, 2.45) is 0 Å². The molecule has 3 heteroatoms. The van der Waals surface area contributed by atoms with Crippen molar-refractivity contribution in [3.05, 3.63) is 28.5 Å². The minimum Gasteiger partial charge on any atom is -0.387 e. The van der Waals surface area contributed by atoms with E-state index >= 15 is 0 Å². The lowest BCUT2D eigenvalue weighted by Crippen LogP contribution is -1.94. The summed E-state index contributed by atoms with van der Waals surface area (Å²) in [5.74, 6) is -0.237. The van der Waals surface area contributed by atoms with E-state index in [1.54, 1.807) is 14.0 Å². The molecule has 0 atom stereocenters. The fourth-order valence-electron chi connectivity index (χ4n) is 0.960. The van der Waals surface area contributed by atoms with E-state index in [1.807, 2.05) is 0 Å². The van der Waals surface area contributed by atoms with E-state index in [2.05, 4.69) is 5.32 Å². The molecule has 0 saturated carbocycles. The van der Waals surface area contributed by atoms with Gasteiger partial charge in [0.05, 0.1) is 10.7 Å². The van der Waals surface area contributed by atoms with Crippen LogP contribution in [0.2, 0.25) is 5.02 Å². The van der Waals surface area contributed by atoms with Crippen molar-refractivity contribution in [1.82, 2.24) is 0 Å². The molecule has 0 aliphatic rings. The third-order valence-electron chi connectivity index (χ3n) is 1.60. The van der Waals surface area contributed by atoms with E-state index in [9.17, 15) is 4.39 Å². The van der Waals surface area contributed by atoms with Crippen LogP contribution in [-0.2, 0) is 0 Å². The molecule has 1 aromatic carbocycles. The lowest BCUT2D eigenvalue weighted by molar-refractivity contribution is 0.619. The highest BCUT2D eigenvalue weighted by Crippen LogP contribution is 2.26. The van der Waals surface area contributed by atoms with Crippen LogP contribution in [0.3, 0.4) is 0 Å². The summed E-state index contributed by atoms with van der Waals surface area (Å²) in [6.45, 7) is 1.69. The van der Waals surface area contributed by atoms with Gasteiger partial charge < -0.3 is 5.32 Å². The molecule has 0 spiro atoms. The zero-order valence-electron chi connectivity index (χ0n) is 6.41. The summed E-state index contributed by atoms with van der Waals surface area (Å²) in [6, 6.07) is 2.90. The molecule has 1 nitrogen and oxygen atoms in total. The van der Waals surface area contributed by atoms with Gasteiger partial charge in [-0.15, -0.1) is 0 Å². The molecule has 1 rings (SSSR count). The van der Waals surface area contributed by atoms with Crippen LogP contribution in [0.25, 0.3) is 0 Å². The van der Waals surface area contributed by atoms with Gasteiger partial charge in [-0.25, -0.2) is 4.39 Å². The fraction of sp³-hybridized carbons (Fsp3) is 0.250. The van der Waals surface area contributed by atoms with E-state index in [4.69, 9.17) is 11.6 Å². The number of rotatable bonds is 1. The van der Waals surface area contributed by atoms with E-state index in [0.717, 1.165) is 0 Å². The van der Waals surface area contributed by atoms with Crippen molar-refractivity contribution >= 4 is 17.3 Å². The molecular formula is C8H9ClFN. The van der Waals surface area contributed by atoms with Gasteiger partial charge in [0.25, 0.3) is 0 Å². The first-order chi connectivity index (χ1) is 5.16. The Bertz CT molecular complexity index is 273. The minimum atomic E-state index is -0.237. The predicted molar refractivity (Wildman–Crippen MR) is 45.7 cm³/mol. The zero-order valence-corrected chi connectivity index (χ0v) is 7.17. The molecule has 0 radical (unpaired) electrons. The fourth-order valence-corrected chi connectivity index (χ4v) is 1.26. The summed E-state index contributed by atoms with van der Waals surface area (Å²) in [5, 5.41) is 3.38. The van der Waals surface area contributed by atoms with Crippen molar-refractivity contribution in [1.29, 1.82) is 0 Å². The third kappa shape index (κ3) is 1.46. The molecule has 1 aromatic rings. The summed E-state index contributed by atoms with van der Waals surface area (Å²) < 4.78 is 12.8. The van der Waals surface area contributed by atoms with Crippen LogP contribution in [-0.4, -0.2) is 7.05 Å². The molecule has 0 saturated heterocycles. The standard InChI is InChI=1S/C8H9ClFN/c1-5-7(10)4-3-6(9)8(5)11-2/h3-4,11H,1-2H3. The summed E-state index contributed by atoms with van der Waals surface area (Å²) in [4.78, 5) is 0. The monoisotopic (exact) mass is 173 g/mol. The molecule has 0 fully saturated rings. The average molecular weight is 174 g/mol. The lowest BCUT2D eigenvalue weighted by Gasteiger charge is -2.07. The van der Waals surface area contributed by atoms with Gasteiger partial charge in [-0.3, -0.25) is 0 Å². The van der Waals surface area contributed by atoms with E-state index in [0.29, 0.717) is 16.3 Å². The molecule has 0 aliphatic carbocycles. The highest BCUT2D eigenvalue weighted by atomic mass is 35.5. The van der Waals surface area contributed by atoms with Crippen LogP contribution >= 0.6 is 11.6 Å². The van der Waals surface area contributed by atoms with Gasteiger partial charge in [-0.2, -0.15) is 0 Å². The predicted octanol–water partition coefficient (Wildman–Crippen LogP) is 2.83. The molecule has 0 bridgehead atoms. The summed E-state index contributed by atoms with van der Waals surface area (Å²) in [5.41, 5.74) is 1.21. The Labute approximate surface area is 70.2 Å². The maximum Gasteiger partial charge on any atom is 0.128 e.